The standard InChI is InChI=1S/C22H37ClF3N5O/c1-3-12(2)11-27-22(29-21(32)13-4-5-17(23)18(26)8-13)28-20-10-19(30-31-20)14-6-15(24)9-16(25)7-14/h12-20,30-31H,3-11H2,1-2H3,(H2,27,28,29,32). The van der Waals surface area contributed by atoms with Crippen LogP contribution in [0.2, 0.25) is 0 Å². The van der Waals surface area contributed by atoms with Crippen molar-refractivity contribution in [1.29, 1.82) is 0 Å². The lowest BCUT2D eigenvalue weighted by atomic mass is 9.81. The molecule has 32 heavy (non-hydrogen) atoms. The molecule has 3 aliphatic rings. The minimum atomic E-state index is -1.19. The minimum absolute atomic E-state index is 0.0118. The maximum atomic E-state index is 14.0. The molecule has 184 valence electrons. The number of amides is 1. The predicted molar refractivity (Wildman–Crippen MR) is 121 cm³/mol. The molecule has 1 aliphatic heterocycles. The monoisotopic (exact) mass is 479 g/mol. The summed E-state index contributed by atoms with van der Waals surface area (Å²) in [5.41, 5.74) is 6.26. The van der Waals surface area contributed by atoms with E-state index in [4.69, 9.17) is 11.6 Å². The fourth-order valence-corrected chi connectivity index (χ4v) is 4.96. The summed E-state index contributed by atoms with van der Waals surface area (Å²) < 4.78 is 41.6. The van der Waals surface area contributed by atoms with Crippen LogP contribution in [0.3, 0.4) is 0 Å². The molecular weight excluding hydrogens is 443 g/mol. The second kappa shape index (κ2) is 11.9. The number of nitrogens with one attached hydrogen (secondary N) is 4. The molecule has 2 aliphatic carbocycles. The predicted octanol–water partition coefficient (Wildman–Crippen LogP) is 3.51. The number of hydrogen-bond acceptors (Lipinski definition) is 4. The van der Waals surface area contributed by atoms with E-state index < -0.39 is 29.8 Å². The van der Waals surface area contributed by atoms with E-state index in [-0.39, 0.29) is 36.9 Å². The van der Waals surface area contributed by atoms with Gasteiger partial charge in [0, 0.05) is 24.9 Å². The van der Waals surface area contributed by atoms with Crippen molar-refractivity contribution in [2.24, 2.45) is 22.7 Å². The first-order valence-electron chi connectivity index (χ1n) is 11.9. The Kier molecular flexibility index (Phi) is 9.49. The third-order valence-corrected chi connectivity index (χ3v) is 7.50. The number of aliphatic imine (C=N–C) groups is 1. The highest BCUT2D eigenvalue weighted by Crippen LogP contribution is 2.33. The lowest BCUT2D eigenvalue weighted by molar-refractivity contribution is -0.125. The van der Waals surface area contributed by atoms with E-state index in [1.54, 1.807) is 0 Å². The second-order valence-electron chi connectivity index (χ2n) is 9.72. The van der Waals surface area contributed by atoms with Crippen molar-refractivity contribution in [3.05, 3.63) is 0 Å². The highest BCUT2D eigenvalue weighted by atomic mass is 35.5. The normalized spacial score (nSPS) is 39.5. The van der Waals surface area contributed by atoms with Crippen LogP contribution in [0.1, 0.15) is 65.2 Å². The molecule has 0 radical (unpaired) electrons. The molecule has 2 saturated carbocycles. The van der Waals surface area contributed by atoms with Gasteiger partial charge in [0.2, 0.25) is 5.91 Å². The lowest BCUT2D eigenvalue weighted by Gasteiger charge is -2.31. The zero-order valence-electron chi connectivity index (χ0n) is 18.9. The smallest absolute Gasteiger partial charge is 0.229 e. The van der Waals surface area contributed by atoms with Gasteiger partial charge in [0.25, 0.3) is 0 Å². The average Bonchev–Trinajstić information content (AvgIpc) is 3.21. The molecular formula is C22H37ClF3N5O. The Bertz CT molecular complexity index is 647. The van der Waals surface area contributed by atoms with Crippen molar-refractivity contribution in [2.75, 3.05) is 6.54 Å². The maximum Gasteiger partial charge on any atom is 0.229 e. The summed E-state index contributed by atoms with van der Waals surface area (Å²) in [6.45, 7) is 4.69. The van der Waals surface area contributed by atoms with Crippen molar-refractivity contribution < 1.29 is 18.0 Å². The summed E-state index contributed by atoms with van der Waals surface area (Å²) in [5, 5.41) is 5.52. The number of hydrogen-bond donors (Lipinski definition) is 4. The number of rotatable bonds is 6. The van der Waals surface area contributed by atoms with Gasteiger partial charge < -0.3 is 5.32 Å². The van der Waals surface area contributed by atoms with E-state index in [0.717, 1.165) is 6.42 Å². The van der Waals surface area contributed by atoms with Crippen molar-refractivity contribution in [3.63, 3.8) is 0 Å². The van der Waals surface area contributed by atoms with Gasteiger partial charge in [0.15, 0.2) is 5.96 Å². The second-order valence-corrected chi connectivity index (χ2v) is 10.3. The van der Waals surface area contributed by atoms with Crippen LogP contribution in [-0.4, -0.2) is 54.5 Å². The molecule has 3 rings (SSSR count). The summed E-state index contributed by atoms with van der Waals surface area (Å²) in [5.74, 6) is -0.104. The van der Waals surface area contributed by atoms with Gasteiger partial charge in [-0.2, -0.15) is 0 Å². The van der Waals surface area contributed by atoms with Crippen LogP contribution in [-0.2, 0) is 4.79 Å². The number of halogens is 4. The van der Waals surface area contributed by atoms with Crippen molar-refractivity contribution in [3.8, 4) is 0 Å². The maximum absolute atomic E-state index is 14.0. The zero-order valence-corrected chi connectivity index (χ0v) is 19.7. The van der Waals surface area contributed by atoms with Crippen molar-refractivity contribution in [2.45, 2.75) is 101 Å². The molecule has 3 fully saturated rings. The Labute approximate surface area is 193 Å². The Morgan fingerprint density at radius 2 is 1.81 bits per heavy atom. The van der Waals surface area contributed by atoms with Crippen LogP contribution in [0, 0.1) is 17.8 Å². The first-order chi connectivity index (χ1) is 15.2. The van der Waals surface area contributed by atoms with E-state index in [9.17, 15) is 18.0 Å². The fourth-order valence-electron chi connectivity index (χ4n) is 4.73. The summed E-state index contributed by atoms with van der Waals surface area (Å²) in [6.07, 6.45) is -0.274. The molecule has 10 heteroatoms. The van der Waals surface area contributed by atoms with Crippen LogP contribution in [0.4, 0.5) is 13.2 Å². The first-order valence-corrected chi connectivity index (χ1v) is 12.4. The van der Waals surface area contributed by atoms with E-state index in [2.05, 4.69) is 40.3 Å². The van der Waals surface area contributed by atoms with E-state index >= 15 is 0 Å². The van der Waals surface area contributed by atoms with Gasteiger partial charge in [-0.25, -0.2) is 18.6 Å². The molecule has 0 bridgehead atoms. The number of carbonyl (C=O) groups is 1. The molecule has 8 atom stereocenters. The molecule has 4 N–H and O–H groups in total. The van der Waals surface area contributed by atoms with Crippen molar-refractivity contribution in [1.82, 2.24) is 21.5 Å². The number of hydrazine groups is 1. The fraction of sp³-hybridized carbons (Fsp3) is 0.909. The van der Waals surface area contributed by atoms with Crippen LogP contribution in [0.15, 0.2) is 4.99 Å². The molecule has 0 spiro atoms. The van der Waals surface area contributed by atoms with Gasteiger partial charge in [-0.05, 0) is 50.4 Å². The lowest BCUT2D eigenvalue weighted by Crippen LogP contribution is -2.52. The number of guanidine groups is 1. The third-order valence-electron chi connectivity index (χ3n) is 7.00. The van der Waals surface area contributed by atoms with Crippen LogP contribution < -0.4 is 21.5 Å². The molecule has 6 nitrogen and oxygen atoms in total. The van der Waals surface area contributed by atoms with Crippen molar-refractivity contribution >= 4 is 23.5 Å². The minimum Gasteiger partial charge on any atom is -0.339 e. The van der Waals surface area contributed by atoms with Gasteiger partial charge in [0.05, 0.1) is 11.5 Å². The van der Waals surface area contributed by atoms with Gasteiger partial charge in [-0.3, -0.25) is 20.5 Å². The Balaban J connectivity index is 1.58. The molecule has 1 saturated heterocycles. The first kappa shape index (κ1) is 25.6. The van der Waals surface area contributed by atoms with Gasteiger partial charge >= 0.3 is 0 Å². The SMILES string of the molecule is CCC(C)CN=C(NC(=O)C1CCC(Cl)C(F)C1)NC1CC(C2CC(F)CC(F)C2)NN1. The van der Waals surface area contributed by atoms with Crippen LogP contribution in [0.5, 0.6) is 0 Å². The van der Waals surface area contributed by atoms with Gasteiger partial charge in [-0.1, -0.05) is 20.3 Å². The summed E-state index contributed by atoms with van der Waals surface area (Å²) >= 11 is 5.95. The molecule has 0 aromatic rings. The van der Waals surface area contributed by atoms with Gasteiger partial charge in [-0.15, -0.1) is 11.6 Å². The highest BCUT2D eigenvalue weighted by molar-refractivity contribution is 6.21. The number of alkyl halides is 4. The molecule has 1 heterocycles. The largest absolute Gasteiger partial charge is 0.339 e. The number of nitrogens with zero attached hydrogens (tertiary/aromatic N) is 1. The van der Waals surface area contributed by atoms with Crippen LogP contribution >= 0.6 is 11.6 Å². The zero-order chi connectivity index (χ0) is 23.3. The molecule has 0 aromatic heterocycles. The van der Waals surface area contributed by atoms with Gasteiger partial charge in [0.1, 0.15) is 18.5 Å². The molecule has 1 amide bonds. The summed E-state index contributed by atoms with van der Waals surface area (Å²) in [4.78, 5) is 17.3. The highest BCUT2D eigenvalue weighted by Gasteiger charge is 2.38. The quantitative estimate of drug-likeness (QED) is 0.267. The summed E-state index contributed by atoms with van der Waals surface area (Å²) in [7, 11) is 0. The molecule has 0 aromatic carbocycles. The van der Waals surface area contributed by atoms with E-state index in [1.165, 1.54) is 0 Å². The average molecular weight is 480 g/mol. The Morgan fingerprint density at radius 3 is 2.47 bits per heavy atom. The Hall–Kier alpha value is -1.06. The number of carbonyl (C=O) groups excluding carboxylic acids is 1. The molecule has 8 unspecified atom stereocenters. The van der Waals surface area contributed by atoms with E-state index in [0.29, 0.717) is 50.5 Å². The Morgan fingerprint density at radius 1 is 1.09 bits per heavy atom. The topological polar surface area (TPSA) is 77.5 Å². The van der Waals surface area contributed by atoms with E-state index in [1.807, 2.05) is 0 Å². The van der Waals surface area contributed by atoms with Crippen LogP contribution in [0.25, 0.3) is 0 Å². The third kappa shape index (κ3) is 7.22. The summed E-state index contributed by atoms with van der Waals surface area (Å²) in [6, 6.07) is -0.0675.